The molecule has 6 heteroatoms. The van der Waals surface area contributed by atoms with Crippen LogP contribution in [0.2, 0.25) is 0 Å². The summed E-state index contributed by atoms with van der Waals surface area (Å²) in [5.41, 5.74) is 1.07. The van der Waals surface area contributed by atoms with E-state index < -0.39 is 6.04 Å². The van der Waals surface area contributed by atoms with Gasteiger partial charge in [0.05, 0.1) is 11.1 Å². The van der Waals surface area contributed by atoms with Crippen LogP contribution in [0.3, 0.4) is 0 Å². The minimum atomic E-state index is -0.505. The molecule has 26 heavy (non-hydrogen) atoms. The smallest absolute Gasteiger partial charge is 0.253 e. The number of carbonyl (C=O) groups is 2. The van der Waals surface area contributed by atoms with E-state index >= 15 is 0 Å². The average Bonchev–Trinajstić information content (AvgIpc) is 2.87. The van der Waals surface area contributed by atoms with Crippen LogP contribution in [0.5, 0.6) is 0 Å². The molecule has 0 bridgehead atoms. The molecule has 3 rings (SSSR count). The van der Waals surface area contributed by atoms with Crippen LogP contribution in [-0.2, 0) is 4.79 Å². The summed E-state index contributed by atoms with van der Waals surface area (Å²) >= 11 is 1.38. The fourth-order valence-corrected chi connectivity index (χ4v) is 3.85. The predicted molar refractivity (Wildman–Crippen MR) is 99.8 cm³/mol. The molecule has 1 aliphatic heterocycles. The number of hydrogen-bond acceptors (Lipinski definition) is 4. The second-order valence-electron chi connectivity index (χ2n) is 6.02. The van der Waals surface area contributed by atoms with Crippen molar-refractivity contribution in [2.24, 2.45) is 0 Å². The Morgan fingerprint density at radius 1 is 1.12 bits per heavy atom. The van der Waals surface area contributed by atoms with Gasteiger partial charge in [-0.3, -0.25) is 9.59 Å². The maximum atomic E-state index is 12.8. The summed E-state index contributed by atoms with van der Waals surface area (Å²) in [6, 6.07) is 16.2. The van der Waals surface area contributed by atoms with E-state index in [1.54, 1.807) is 18.2 Å². The molecule has 2 N–H and O–H groups in total. The lowest BCUT2D eigenvalue weighted by atomic mass is 10.1. The highest BCUT2D eigenvalue weighted by Crippen LogP contribution is 2.32. The Bertz CT molecular complexity index is 860. The number of hydrogen-bond donors (Lipinski definition) is 2. The normalized spacial score (nSPS) is 16.9. The van der Waals surface area contributed by atoms with Crippen molar-refractivity contribution >= 4 is 23.6 Å². The molecule has 0 saturated carbocycles. The molecule has 0 aliphatic carbocycles. The van der Waals surface area contributed by atoms with Gasteiger partial charge in [0.2, 0.25) is 5.91 Å². The second kappa shape index (κ2) is 8.54. The van der Waals surface area contributed by atoms with E-state index in [4.69, 9.17) is 0 Å². The summed E-state index contributed by atoms with van der Waals surface area (Å²) in [5, 5.41) is 14.9. The molecule has 1 atom stereocenters. The fourth-order valence-electron chi connectivity index (χ4n) is 2.82. The summed E-state index contributed by atoms with van der Waals surface area (Å²) in [6.45, 7) is 0.655. The zero-order valence-electron chi connectivity index (χ0n) is 14.2. The van der Waals surface area contributed by atoms with Gasteiger partial charge >= 0.3 is 0 Å². The van der Waals surface area contributed by atoms with Gasteiger partial charge in [0.25, 0.3) is 5.91 Å². The molecule has 0 spiro atoms. The predicted octanol–water partition coefficient (Wildman–Crippen LogP) is 3.11. The first-order valence-corrected chi connectivity index (χ1v) is 9.35. The van der Waals surface area contributed by atoms with Crippen LogP contribution in [0.15, 0.2) is 58.3 Å². The first-order valence-electron chi connectivity index (χ1n) is 8.53. The van der Waals surface area contributed by atoms with E-state index in [2.05, 4.69) is 16.7 Å². The highest BCUT2D eigenvalue weighted by Gasteiger charge is 2.24. The minimum Gasteiger partial charge on any atom is -0.354 e. The van der Waals surface area contributed by atoms with Crippen molar-refractivity contribution in [3.8, 4) is 6.07 Å². The Hall–Kier alpha value is -2.78. The fraction of sp³-hybridized carbons (Fsp3) is 0.250. The van der Waals surface area contributed by atoms with Crippen LogP contribution in [-0.4, -0.2) is 24.4 Å². The molecule has 1 saturated heterocycles. The number of nitrogens with zero attached hydrogens (tertiary/aromatic N) is 1. The minimum absolute atomic E-state index is 0.129. The Kier molecular flexibility index (Phi) is 5.92. The lowest BCUT2D eigenvalue weighted by molar-refractivity contribution is -0.122. The molecule has 2 aromatic carbocycles. The molecule has 1 aliphatic rings. The van der Waals surface area contributed by atoms with Crippen molar-refractivity contribution in [2.45, 2.75) is 35.1 Å². The topological polar surface area (TPSA) is 82.0 Å². The Balaban J connectivity index is 1.81. The Labute approximate surface area is 156 Å². The maximum absolute atomic E-state index is 12.8. The molecular formula is C20H19N3O2S. The number of amides is 2. The number of benzene rings is 2. The molecule has 5 nitrogen and oxygen atoms in total. The zero-order chi connectivity index (χ0) is 18.4. The van der Waals surface area contributed by atoms with Crippen molar-refractivity contribution in [3.05, 3.63) is 59.7 Å². The third-order valence-corrected chi connectivity index (χ3v) is 5.35. The lowest BCUT2D eigenvalue weighted by Crippen LogP contribution is -2.45. The first kappa shape index (κ1) is 18.0. The molecular weight excluding hydrogens is 346 g/mol. The molecule has 1 unspecified atom stereocenters. The first-order chi connectivity index (χ1) is 12.7. The quantitative estimate of drug-likeness (QED) is 0.872. The van der Waals surface area contributed by atoms with Gasteiger partial charge in [-0.25, -0.2) is 0 Å². The molecule has 0 aromatic heterocycles. The van der Waals surface area contributed by atoms with E-state index in [1.165, 1.54) is 11.8 Å². The van der Waals surface area contributed by atoms with Crippen LogP contribution in [0.25, 0.3) is 0 Å². The van der Waals surface area contributed by atoms with Crippen molar-refractivity contribution < 1.29 is 9.59 Å². The summed E-state index contributed by atoms with van der Waals surface area (Å²) in [5.74, 6) is -0.402. The molecule has 2 amide bonds. The van der Waals surface area contributed by atoms with E-state index in [1.807, 2.05) is 30.3 Å². The van der Waals surface area contributed by atoms with Gasteiger partial charge < -0.3 is 10.6 Å². The average molecular weight is 365 g/mol. The molecule has 0 radical (unpaired) electrons. The highest BCUT2D eigenvalue weighted by atomic mass is 32.2. The Morgan fingerprint density at radius 2 is 1.85 bits per heavy atom. The van der Waals surface area contributed by atoms with Gasteiger partial charge in [-0.1, -0.05) is 36.0 Å². The summed E-state index contributed by atoms with van der Waals surface area (Å²) in [6.07, 6.45) is 2.47. The van der Waals surface area contributed by atoms with Gasteiger partial charge in [-0.05, 0) is 43.5 Å². The van der Waals surface area contributed by atoms with Gasteiger partial charge in [0.15, 0.2) is 0 Å². The van der Waals surface area contributed by atoms with Crippen LogP contribution >= 0.6 is 11.8 Å². The van der Waals surface area contributed by atoms with Crippen molar-refractivity contribution in [2.75, 3.05) is 6.54 Å². The van der Waals surface area contributed by atoms with E-state index in [0.29, 0.717) is 24.1 Å². The summed E-state index contributed by atoms with van der Waals surface area (Å²) < 4.78 is 0. The van der Waals surface area contributed by atoms with Gasteiger partial charge in [-0.2, -0.15) is 5.26 Å². The van der Waals surface area contributed by atoms with Gasteiger partial charge in [0, 0.05) is 16.3 Å². The number of nitriles is 1. The molecule has 132 valence electrons. The van der Waals surface area contributed by atoms with Crippen molar-refractivity contribution in [3.63, 3.8) is 0 Å². The number of nitrogens with one attached hydrogen (secondary N) is 2. The van der Waals surface area contributed by atoms with E-state index in [0.717, 1.165) is 22.6 Å². The van der Waals surface area contributed by atoms with E-state index in [-0.39, 0.29) is 11.8 Å². The highest BCUT2D eigenvalue weighted by molar-refractivity contribution is 7.99. The van der Waals surface area contributed by atoms with Gasteiger partial charge in [0.1, 0.15) is 12.1 Å². The number of rotatable bonds is 4. The van der Waals surface area contributed by atoms with Crippen molar-refractivity contribution in [1.82, 2.24) is 10.6 Å². The standard InChI is InChI=1S/C20H19N3O2S/c21-13-14-7-1-3-10-17(14)26-18-11-4-2-8-15(18)19(24)23-16-9-5-6-12-22-20(16)25/h1-4,7-8,10-11,16H,5-6,9,12H2,(H,22,25)(H,23,24). The van der Waals surface area contributed by atoms with Crippen LogP contribution in [0.4, 0.5) is 0 Å². The molecule has 1 heterocycles. The third-order valence-electron chi connectivity index (χ3n) is 4.20. The van der Waals surface area contributed by atoms with Crippen LogP contribution in [0, 0.1) is 11.3 Å². The molecule has 2 aromatic rings. The maximum Gasteiger partial charge on any atom is 0.253 e. The van der Waals surface area contributed by atoms with Crippen molar-refractivity contribution in [1.29, 1.82) is 5.26 Å². The molecule has 1 fully saturated rings. The van der Waals surface area contributed by atoms with Crippen LogP contribution < -0.4 is 10.6 Å². The third kappa shape index (κ3) is 4.24. The van der Waals surface area contributed by atoms with Gasteiger partial charge in [-0.15, -0.1) is 0 Å². The van der Waals surface area contributed by atoms with E-state index in [9.17, 15) is 14.9 Å². The second-order valence-corrected chi connectivity index (χ2v) is 7.10. The summed E-state index contributed by atoms with van der Waals surface area (Å²) in [7, 11) is 0. The largest absolute Gasteiger partial charge is 0.354 e. The Morgan fingerprint density at radius 3 is 2.65 bits per heavy atom. The number of carbonyl (C=O) groups excluding carboxylic acids is 2. The summed E-state index contributed by atoms with van der Waals surface area (Å²) in [4.78, 5) is 26.4. The lowest BCUT2D eigenvalue weighted by Gasteiger charge is -2.16. The SMILES string of the molecule is N#Cc1ccccc1Sc1ccccc1C(=O)NC1CCCCNC1=O. The monoisotopic (exact) mass is 365 g/mol. The van der Waals surface area contributed by atoms with Crippen LogP contribution in [0.1, 0.15) is 35.2 Å². The zero-order valence-corrected chi connectivity index (χ0v) is 15.0.